The lowest BCUT2D eigenvalue weighted by atomic mass is 9.94. The topological polar surface area (TPSA) is 70.8 Å². The third-order valence-electron chi connectivity index (χ3n) is 3.57. The van der Waals surface area contributed by atoms with Crippen molar-refractivity contribution in [2.24, 2.45) is 5.73 Å². The molecule has 0 aliphatic carbocycles. The molecule has 120 valence electrons. The fourth-order valence-corrected chi connectivity index (χ4v) is 2.55. The second-order valence-corrected chi connectivity index (χ2v) is 4.72. The lowest BCUT2D eigenvalue weighted by Gasteiger charge is -2.17. The average molecular weight is 313 g/mol. The highest BCUT2D eigenvalue weighted by Crippen LogP contribution is 2.45. The normalized spacial score (nSPS) is 10.0. The largest absolute Gasteiger partial charge is 0.493 e. The average Bonchev–Trinajstić information content (AvgIpc) is 2.59. The molecule has 0 unspecified atom stereocenters. The SMILES string of the molecule is C=Cc1c(C(N)=O)cccc1-c1ccc(OC)c(OC)c1OC. The van der Waals surface area contributed by atoms with Crippen molar-refractivity contribution in [2.75, 3.05) is 21.3 Å². The van der Waals surface area contributed by atoms with E-state index in [-0.39, 0.29) is 0 Å². The summed E-state index contributed by atoms with van der Waals surface area (Å²) in [6.45, 7) is 3.79. The molecule has 23 heavy (non-hydrogen) atoms. The van der Waals surface area contributed by atoms with Crippen LogP contribution in [0.25, 0.3) is 17.2 Å². The Labute approximate surface area is 135 Å². The van der Waals surface area contributed by atoms with E-state index in [4.69, 9.17) is 19.9 Å². The van der Waals surface area contributed by atoms with Crippen LogP contribution in [-0.4, -0.2) is 27.2 Å². The molecule has 0 aliphatic heterocycles. The van der Waals surface area contributed by atoms with Gasteiger partial charge in [0.1, 0.15) is 0 Å². The van der Waals surface area contributed by atoms with Crippen LogP contribution < -0.4 is 19.9 Å². The highest BCUT2D eigenvalue weighted by Gasteiger charge is 2.20. The summed E-state index contributed by atoms with van der Waals surface area (Å²) in [5.41, 5.74) is 8.01. The molecule has 0 aliphatic rings. The van der Waals surface area contributed by atoms with Gasteiger partial charge in [-0.25, -0.2) is 0 Å². The number of hydrogen-bond donors (Lipinski definition) is 1. The Hall–Kier alpha value is -2.95. The second-order valence-electron chi connectivity index (χ2n) is 4.72. The maximum Gasteiger partial charge on any atom is 0.249 e. The minimum Gasteiger partial charge on any atom is -0.493 e. The smallest absolute Gasteiger partial charge is 0.249 e. The molecule has 0 saturated carbocycles. The number of ether oxygens (including phenoxy) is 3. The minimum atomic E-state index is -0.513. The molecule has 1 amide bonds. The van der Waals surface area contributed by atoms with Crippen LogP contribution in [0.15, 0.2) is 36.9 Å². The lowest BCUT2D eigenvalue weighted by molar-refractivity contribution is 0.1000. The Balaban J connectivity index is 2.80. The molecule has 0 fully saturated rings. The van der Waals surface area contributed by atoms with Gasteiger partial charge in [0.25, 0.3) is 0 Å². The van der Waals surface area contributed by atoms with Crippen LogP contribution in [0, 0.1) is 0 Å². The predicted molar refractivity (Wildman–Crippen MR) is 90.1 cm³/mol. The number of methoxy groups -OCH3 is 3. The molecule has 0 atom stereocenters. The number of benzene rings is 2. The summed E-state index contributed by atoms with van der Waals surface area (Å²) in [4.78, 5) is 11.6. The van der Waals surface area contributed by atoms with Gasteiger partial charge in [-0.1, -0.05) is 24.8 Å². The molecule has 0 bridgehead atoms. The van der Waals surface area contributed by atoms with E-state index < -0.39 is 5.91 Å². The van der Waals surface area contributed by atoms with Gasteiger partial charge in [-0.05, 0) is 29.3 Å². The van der Waals surface area contributed by atoms with Gasteiger partial charge in [-0.2, -0.15) is 0 Å². The second kappa shape index (κ2) is 6.87. The van der Waals surface area contributed by atoms with E-state index in [1.165, 1.54) is 0 Å². The Morgan fingerprint density at radius 1 is 1.00 bits per heavy atom. The number of rotatable bonds is 6. The predicted octanol–water partition coefficient (Wildman–Crippen LogP) is 3.12. The van der Waals surface area contributed by atoms with Crippen molar-refractivity contribution in [3.8, 4) is 28.4 Å². The van der Waals surface area contributed by atoms with Gasteiger partial charge in [0.05, 0.1) is 21.3 Å². The van der Waals surface area contributed by atoms with Crippen molar-refractivity contribution in [1.29, 1.82) is 0 Å². The summed E-state index contributed by atoms with van der Waals surface area (Å²) < 4.78 is 16.2. The van der Waals surface area contributed by atoms with Crippen LogP contribution in [0.4, 0.5) is 0 Å². The Morgan fingerprint density at radius 2 is 1.70 bits per heavy atom. The van der Waals surface area contributed by atoms with E-state index in [1.807, 2.05) is 12.1 Å². The van der Waals surface area contributed by atoms with Crippen molar-refractivity contribution in [2.45, 2.75) is 0 Å². The molecule has 2 rings (SSSR count). The first-order chi connectivity index (χ1) is 11.1. The molecule has 2 aromatic carbocycles. The molecule has 2 aromatic rings. The fraction of sp³-hybridized carbons (Fsp3) is 0.167. The number of primary amides is 1. The van der Waals surface area contributed by atoms with Crippen LogP contribution in [0.5, 0.6) is 17.2 Å². The highest BCUT2D eigenvalue weighted by molar-refractivity contribution is 6.00. The molecule has 5 heteroatoms. The van der Waals surface area contributed by atoms with E-state index in [0.29, 0.717) is 28.4 Å². The van der Waals surface area contributed by atoms with E-state index in [0.717, 1.165) is 11.1 Å². The van der Waals surface area contributed by atoms with Gasteiger partial charge in [0.2, 0.25) is 11.7 Å². The summed E-state index contributed by atoms with van der Waals surface area (Å²) in [7, 11) is 4.64. The summed E-state index contributed by atoms with van der Waals surface area (Å²) >= 11 is 0. The van der Waals surface area contributed by atoms with Crippen molar-refractivity contribution < 1.29 is 19.0 Å². The van der Waals surface area contributed by atoms with Crippen molar-refractivity contribution in [1.82, 2.24) is 0 Å². The first-order valence-electron chi connectivity index (χ1n) is 6.93. The number of carbonyl (C=O) groups is 1. The van der Waals surface area contributed by atoms with Crippen LogP contribution in [0.1, 0.15) is 15.9 Å². The zero-order chi connectivity index (χ0) is 17.0. The van der Waals surface area contributed by atoms with Gasteiger partial charge in [0.15, 0.2) is 11.5 Å². The number of carbonyl (C=O) groups excluding carboxylic acids is 1. The monoisotopic (exact) mass is 313 g/mol. The zero-order valence-corrected chi connectivity index (χ0v) is 13.4. The third-order valence-corrected chi connectivity index (χ3v) is 3.57. The van der Waals surface area contributed by atoms with Gasteiger partial charge in [-0.15, -0.1) is 0 Å². The first-order valence-corrected chi connectivity index (χ1v) is 6.93. The summed E-state index contributed by atoms with van der Waals surface area (Å²) in [5.74, 6) is 1.03. The maximum absolute atomic E-state index is 11.6. The fourth-order valence-electron chi connectivity index (χ4n) is 2.55. The Morgan fingerprint density at radius 3 is 2.22 bits per heavy atom. The van der Waals surface area contributed by atoms with Crippen molar-refractivity contribution >= 4 is 12.0 Å². The lowest BCUT2D eigenvalue weighted by Crippen LogP contribution is -2.13. The molecule has 0 heterocycles. The molecule has 0 radical (unpaired) electrons. The molecule has 0 aromatic heterocycles. The maximum atomic E-state index is 11.6. The van der Waals surface area contributed by atoms with Gasteiger partial charge < -0.3 is 19.9 Å². The Kier molecular flexibility index (Phi) is 4.91. The highest BCUT2D eigenvalue weighted by atomic mass is 16.5. The van der Waals surface area contributed by atoms with Gasteiger partial charge in [0, 0.05) is 11.1 Å². The molecule has 2 N–H and O–H groups in total. The van der Waals surface area contributed by atoms with E-state index in [9.17, 15) is 4.79 Å². The summed E-state index contributed by atoms with van der Waals surface area (Å²) in [5, 5.41) is 0. The van der Waals surface area contributed by atoms with E-state index >= 15 is 0 Å². The van der Waals surface area contributed by atoms with Crippen molar-refractivity contribution in [3.63, 3.8) is 0 Å². The van der Waals surface area contributed by atoms with Gasteiger partial charge in [-0.3, -0.25) is 4.79 Å². The molecule has 5 nitrogen and oxygen atoms in total. The van der Waals surface area contributed by atoms with Crippen LogP contribution in [0.2, 0.25) is 0 Å². The zero-order valence-electron chi connectivity index (χ0n) is 13.4. The third kappa shape index (κ3) is 2.85. The van der Waals surface area contributed by atoms with E-state index in [1.54, 1.807) is 45.6 Å². The first kappa shape index (κ1) is 16.4. The minimum absolute atomic E-state index is 0.398. The van der Waals surface area contributed by atoms with Gasteiger partial charge >= 0.3 is 0 Å². The molecule has 0 spiro atoms. The summed E-state index contributed by atoms with van der Waals surface area (Å²) in [6.07, 6.45) is 1.60. The van der Waals surface area contributed by atoms with Crippen molar-refractivity contribution in [3.05, 3.63) is 48.0 Å². The molecular weight excluding hydrogens is 294 g/mol. The molecule has 0 saturated heterocycles. The standard InChI is InChI=1S/C18H19NO4/c1-5-11-12(7-6-8-14(11)18(19)20)13-9-10-15(21-2)17(23-4)16(13)22-3/h5-10H,1H2,2-4H3,(H2,19,20). The van der Waals surface area contributed by atoms with Crippen LogP contribution in [0.3, 0.4) is 0 Å². The van der Waals surface area contributed by atoms with E-state index in [2.05, 4.69) is 6.58 Å². The quantitative estimate of drug-likeness (QED) is 0.889. The number of amides is 1. The number of hydrogen-bond acceptors (Lipinski definition) is 4. The molecular formula is C18H19NO4. The van der Waals surface area contributed by atoms with Crippen LogP contribution >= 0.6 is 0 Å². The van der Waals surface area contributed by atoms with Crippen LogP contribution in [-0.2, 0) is 0 Å². The number of nitrogens with two attached hydrogens (primary N) is 1. The Bertz CT molecular complexity index is 753. The summed E-state index contributed by atoms with van der Waals surface area (Å²) in [6, 6.07) is 8.91.